The number of aliphatic hydroxyl groups is 1. The maximum absolute atomic E-state index is 12.2. The van der Waals surface area contributed by atoms with Crippen LogP contribution in [0.1, 0.15) is 23.2 Å². The summed E-state index contributed by atoms with van der Waals surface area (Å²) in [5.41, 5.74) is -0.925. The Morgan fingerprint density at radius 2 is 2.23 bits per heavy atom. The Morgan fingerprint density at radius 1 is 1.62 bits per heavy atom. The third-order valence-electron chi connectivity index (χ3n) is 1.72. The van der Waals surface area contributed by atoms with Gasteiger partial charge in [-0.25, -0.2) is 8.78 Å². The molecule has 1 heterocycles. The van der Waals surface area contributed by atoms with Gasteiger partial charge in [0.1, 0.15) is 0 Å². The van der Waals surface area contributed by atoms with Crippen LogP contribution in [0.25, 0.3) is 0 Å². The molecule has 0 spiro atoms. The molecule has 0 amide bonds. The number of nitrogens with one attached hydrogen (secondary N) is 1. The molecule has 1 aromatic rings. The van der Waals surface area contributed by atoms with Crippen molar-refractivity contribution in [3.05, 3.63) is 33.2 Å². The highest BCUT2D eigenvalue weighted by atomic mass is 19.3. The summed E-state index contributed by atoms with van der Waals surface area (Å²) in [5, 5.41) is 8.66. The van der Waals surface area contributed by atoms with E-state index in [1.54, 1.807) is 0 Å². The minimum absolute atomic E-state index is 0.197. The molecule has 1 rings (SSSR count). The highest BCUT2D eigenvalue weighted by molar-refractivity contribution is 5.26. The van der Waals surface area contributed by atoms with E-state index in [1.165, 1.54) is 13.0 Å². The molecule has 0 saturated heterocycles. The van der Waals surface area contributed by atoms with E-state index >= 15 is 0 Å². The number of rotatable bonds is 2. The van der Waals surface area contributed by atoms with Crippen LogP contribution in [-0.4, -0.2) is 10.1 Å². The molecule has 13 heavy (non-hydrogen) atoms. The van der Waals surface area contributed by atoms with E-state index in [0.29, 0.717) is 0 Å². The zero-order valence-corrected chi connectivity index (χ0v) is 6.97. The van der Waals surface area contributed by atoms with Gasteiger partial charge in [-0.2, -0.15) is 0 Å². The Kier molecular flexibility index (Phi) is 2.77. The van der Waals surface area contributed by atoms with Crippen LogP contribution in [0.15, 0.2) is 10.9 Å². The normalized spacial score (nSPS) is 10.8. The van der Waals surface area contributed by atoms with Crippen LogP contribution in [-0.2, 0) is 6.61 Å². The van der Waals surface area contributed by atoms with Gasteiger partial charge in [0, 0.05) is 5.69 Å². The fraction of sp³-hybridized carbons (Fsp3) is 0.375. The third kappa shape index (κ3) is 1.92. The van der Waals surface area contributed by atoms with Crippen LogP contribution in [0.3, 0.4) is 0 Å². The first-order valence-corrected chi connectivity index (χ1v) is 3.68. The second-order valence-electron chi connectivity index (χ2n) is 2.68. The van der Waals surface area contributed by atoms with E-state index in [4.69, 9.17) is 5.11 Å². The lowest BCUT2D eigenvalue weighted by Crippen LogP contribution is -2.16. The number of aromatic nitrogens is 1. The van der Waals surface area contributed by atoms with Crippen LogP contribution in [0.2, 0.25) is 0 Å². The summed E-state index contributed by atoms with van der Waals surface area (Å²) in [6.45, 7) is 1.05. The predicted octanol–water partition coefficient (Wildman–Crippen LogP) is 1.11. The second kappa shape index (κ2) is 3.66. The molecule has 0 saturated carbocycles. The van der Waals surface area contributed by atoms with Crippen LogP contribution >= 0.6 is 0 Å². The van der Waals surface area contributed by atoms with Gasteiger partial charge in [-0.15, -0.1) is 0 Å². The molecule has 0 aliphatic rings. The lowest BCUT2D eigenvalue weighted by Gasteiger charge is -2.04. The largest absolute Gasteiger partial charge is 0.390 e. The summed E-state index contributed by atoms with van der Waals surface area (Å²) in [4.78, 5) is 13.2. The maximum atomic E-state index is 12.2. The quantitative estimate of drug-likeness (QED) is 0.732. The van der Waals surface area contributed by atoms with Crippen molar-refractivity contribution < 1.29 is 13.9 Å². The Morgan fingerprint density at radius 3 is 2.62 bits per heavy atom. The summed E-state index contributed by atoms with van der Waals surface area (Å²) >= 11 is 0. The monoisotopic (exact) mass is 189 g/mol. The predicted molar refractivity (Wildman–Crippen MR) is 42.7 cm³/mol. The fourth-order valence-corrected chi connectivity index (χ4v) is 1.12. The van der Waals surface area contributed by atoms with Crippen LogP contribution < -0.4 is 5.56 Å². The van der Waals surface area contributed by atoms with Crippen molar-refractivity contribution in [2.45, 2.75) is 20.0 Å². The Balaban J connectivity index is 3.32. The van der Waals surface area contributed by atoms with Crippen LogP contribution in [0, 0.1) is 6.92 Å². The molecule has 72 valence electrons. The number of aryl methyl sites for hydroxylation is 1. The number of halogens is 2. The number of H-pyrrole nitrogens is 1. The maximum Gasteiger partial charge on any atom is 0.269 e. The van der Waals surface area contributed by atoms with Crippen molar-refractivity contribution in [1.82, 2.24) is 4.98 Å². The molecular formula is C8H9F2NO2. The molecule has 0 aliphatic carbocycles. The zero-order chi connectivity index (χ0) is 10.0. The molecule has 3 nitrogen and oxygen atoms in total. The zero-order valence-electron chi connectivity index (χ0n) is 6.97. The first-order valence-electron chi connectivity index (χ1n) is 3.68. The molecule has 0 atom stereocenters. The smallest absolute Gasteiger partial charge is 0.269 e. The van der Waals surface area contributed by atoms with E-state index in [0.717, 1.165) is 0 Å². The molecule has 0 unspecified atom stereocenters. The first kappa shape index (κ1) is 9.85. The Labute approximate surface area is 73.0 Å². The van der Waals surface area contributed by atoms with Gasteiger partial charge >= 0.3 is 0 Å². The summed E-state index contributed by atoms with van der Waals surface area (Å²) in [7, 11) is 0. The number of hydrogen-bond donors (Lipinski definition) is 2. The van der Waals surface area contributed by atoms with Gasteiger partial charge in [-0.1, -0.05) is 0 Å². The molecule has 0 bridgehead atoms. The lowest BCUT2D eigenvalue weighted by atomic mass is 10.1. The van der Waals surface area contributed by atoms with Crippen molar-refractivity contribution in [3.8, 4) is 0 Å². The topological polar surface area (TPSA) is 53.1 Å². The number of hydrogen-bond acceptors (Lipinski definition) is 2. The van der Waals surface area contributed by atoms with Crippen molar-refractivity contribution in [2.24, 2.45) is 0 Å². The fourth-order valence-electron chi connectivity index (χ4n) is 1.12. The molecule has 0 aromatic carbocycles. The SMILES string of the molecule is Cc1cc(CO)[nH]c(=O)c1C(F)F. The molecule has 1 aromatic heterocycles. The first-order chi connectivity index (χ1) is 6.06. The summed E-state index contributed by atoms with van der Waals surface area (Å²) in [6, 6.07) is 1.34. The third-order valence-corrected chi connectivity index (χ3v) is 1.72. The molecule has 0 fully saturated rings. The number of alkyl halides is 2. The summed E-state index contributed by atoms with van der Waals surface area (Å²) in [6.07, 6.45) is -2.78. The van der Waals surface area contributed by atoms with Gasteiger partial charge in [0.05, 0.1) is 12.2 Å². The van der Waals surface area contributed by atoms with Crippen LogP contribution in [0.4, 0.5) is 8.78 Å². The summed E-state index contributed by atoms with van der Waals surface area (Å²) in [5.74, 6) is 0. The van der Waals surface area contributed by atoms with Gasteiger partial charge in [-0.3, -0.25) is 4.79 Å². The van der Waals surface area contributed by atoms with Crippen molar-refractivity contribution in [1.29, 1.82) is 0 Å². The highest BCUT2D eigenvalue weighted by Gasteiger charge is 2.15. The molecule has 0 radical (unpaired) electrons. The van der Waals surface area contributed by atoms with E-state index < -0.39 is 17.5 Å². The van der Waals surface area contributed by atoms with Crippen LogP contribution in [0.5, 0.6) is 0 Å². The van der Waals surface area contributed by atoms with E-state index in [-0.39, 0.29) is 17.9 Å². The van der Waals surface area contributed by atoms with E-state index in [2.05, 4.69) is 4.98 Å². The Hall–Kier alpha value is -1.23. The highest BCUT2D eigenvalue weighted by Crippen LogP contribution is 2.18. The minimum Gasteiger partial charge on any atom is -0.390 e. The Bertz CT molecular complexity index is 360. The lowest BCUT2D eigenvalue weighted by molar-refractivity contribution is 0.148. The standard InChI is InChI=1S/C8H9F2NO2/c1-4-2-5(3-12)11-8(13)6(4)7(9)10/h2,7,12H,3H2,1H3,(H,11,13). The van der Waals surface area contributed by atoms with Crippen molar-refractivity contribution in [3.63, 3.8) is 0 Å². The molecule has 0 aliphatic heterocycles. The molecule has 2 N–H and O–H groups in total. The number of pyridine rings is 1. The average Bonchev–Trinajstić information content (AvgIpc) is 2.02. The van der Waals surface area contributed by atoms with Gasteiger partial charge < -0.3 is 10.1 Å². The van der Waals surface area contributed by atoms with E-state index in [9.17, 15) is 13.6 Å². The van der Waals surface area contributed by atoms with Gasteiger partial charge in [0.25, 0.3) is 12.0 Å². The van der Waals surface area contributed by atoms with Crippen molar-refractivity contribution in [2.75, 3.05) is 0 Å². The van der Waals surface area contributed by atoms with E-state index in [1.807, 2.05) is 0 Å². The second-order valence-corrected chi connectivity index (χ2v) is 2.68. The molecule has 5 heteroatoms. The number of aliphatic hydroxyl groups excluding tert-OH is 1. The van der Waals surface area contributed by atoms with Gasteiger partial charge in [0.2, 0.25) is 0 Å². The van der Waals surface area contributed by atoms with Gasteiger partial charge in [-0.05, 0) is 18.6 Å². The summed E-state index contributed by atoms with van der Waals surface area (Å²) < 4.78 is 24.5. The number of aromatic amines is 1. The average molecular weight is 189 g/mol. The minimum atomic E-state index is -2.78. The van der Waals surface area contributed by atoms with Crippen molar-refractivity contribution >= 4 is 0 Å². The molecular weight excluding hydrogens is 180 g/mol. The van der Waals surface area contributed by atoms with Gasteiger partial charge in [0.15, 0.2) is 0 Å².